The average molecular weight is 212 g/mol. The van der Waals surface area contributed by atoms with E-state index in [-0.39, 0.29) is 18.6 Å². The number of aliphatic hydroxyl groups is 1. The summed E-state index contributed by atoms with van der Waals surface area (Å²) in [4.78, 5) is 11.8. The zero-order valence-electron chi connectivity index (χ0n) is 9.71. The number of nitriles is 1. The Balaban J connectivity index is 4.40. The van der Waals surface area contributed by atoms with Gasteiger partial charge in [-0.25, -0.2) is 0 Å². The highest BCUT2D eigenvalue weighted by Crippen LogP contribution is 2.20. The Morgan fingerprint density at radius 3 is 2.53 bits per heavy atom. The molecule has 0 saturated carbocycles. The average Bonchev–Trinajstić information content (AvgIpc) is 2.27. The Bertz CT molecular complexity index is 247. The van der Waals surface area contributed by atoms with Crippen LogP contribution in [0.2, 0.25) is 0 Å². The predicted octanol–water partition coefficient (Wildman–Crippen LogP) is 1.20. The maximum atomic E-state index is 11.8. The Morgan fingerprint density at radius 1 is 1.60 bits per heavy atom. The molecule has 0 aromatic rings. The quantitative estimate of drug-likeness (QED) is 0.695. The summed E-state index contributed by atoms with van der Waals surface area (Å²) in [5.41, 5.74) is -0.955. The number of nitrogens with one attached hydrogen (secondary N) is 1. The molecule has 4 nitrogen and oxygen atoms in total. The lowest BCUT2D eigenvalue weighted by Gasteiger charge is -2.23. The van der Waals surface area contributed by atoms with Crippen molar-refractivity contribution in [3.63, 3.8) is 0 Å². The molecule has 2 atom stereocenters. The summed E-state index contributed by atoms with van der Waals surface area (Å²) < 4.78 is 0. The van der Waals surface area contributed by atoms with Gasteiger partial charge in [0.1, 0.15) is 5.41 Å². The van der Waals surface area contributed by atoms with Crippen LogP contribution < -0.4 is 5.32 Å². The molecular formula is C11H20N2O2. The third-order valence-corrected chi connectivity index (χ3v) is 2.76. The molecule has 86 valence electrons. The molecule has 0 saturated heterocycles. The second-order valence-electron chi connectivity index (χ2n) is 3.89. The molecule has 0 aliphatic carbocycles. The molecule has 1 amide bonds. The van der Waals surface area contributed by atoms with E-state index in [0.29, 0.717) is 12.8 Å². The highest BCUT2D eigenvalue weighted by Gasteiger charge is 2.32. The lowest BCUT2D eigenvalue weighted by Crippen LogP contribution is -2.43. The first kappa shape index (κ1) is 13.9. The van der Waals surface area contributed by atoms with Crippen LogP contribution in [0.25, 0.3) is 0 Å². The highest BCUT2D eigenvalue weighted by molar-refractivity contribution is 5.85. The molecule has 0 aliphatic heterocycles. The molecule has 0 radical (unpaired) electrons. The molecule has 0 aliphatic rings. The Hall–Kier alpha value is -1.08. The van der Waals surface area contributed by atoms with Gasteiger partial charge in [0.2, 0.25) is 5.91 Å². The van der Waals surface area contributed by atoms with Crippen LogP contribution in [-0.4, -0.2) is 23.7 Å². The third-order valence-electron chi connectivity index (χ3n) is 2.76. The van der Waals surface area contributed by atoms with Crippen LogP contribution >= 0.6 is 0 Å². The van der Waals surface area contributed by atoms with Crippen molar-refractivity contribution in [3.05, 3.63) is 0 Å². The molecule has 2 unspecified atom stereocenters. The van der Waals surface area contributed by atoms with Crippen molar-refractivity contribution in [1.82, 2.24) is 5.32 Å². The summed E-state index contributed by atoms with van der Waals surface area (Å²) in [5.74, 6) is -0.243. The minimum atomic E-state index is -0.955. The van der Waals surface area contributed by atoms with Gasteiger partial charge in [-0.1, -0.05) is 13.8 Å². The van der Waals surface area contributed by atoms with E-state index in [9.17, 15) is 4.79 Å². The van der Waals surface area contributed by atoms with E-state index in [0.717, 1.165) is 6.42 Å². The van der Waals surface area contributed by atoms with Crippen LogP contribution in [-0.2, 0) is 4.79 Å². The van der Waals surface area contributed by atoms with E-state index >= 15 is 0 Å². The van der Waals surface area contributed by atoms with Crippen molar-refractivity contribution < 1.29 is 9.90 Å². The number of rotatable bonds is 6. The fourth-order valence-corrected chi connectivity index (χ4v) is 1.17. The van der Waals surface area contributed by atoms with Crippen LogP contribution in [0.15, 0.2) is 0 Å². The molecule has 0 aromatic heterocycles. The molecular weight excluding hydrogens is 192 g/mol. The Kier molecular flexibility index (Phi) is 5.95. The number of aliphatic hydroxyl groups excluding tert-OH is 1. The normalized spacial score (nSPS) is 16.2. The summed E-state index contributed by atoms with van der Waals surface area (Å²) in [7, 11) is 0. The third kappa shape index (κ3) is 3.88. The van der Waals surface area contributed by atoms with Crippen molar-refractivity contribution in [2.24, 2.45) is 5.41 Å². The number of hydrogen-bond acceptors (Lipinski definition) is 3. The summed E-state index contributed by atoms with van der Waals surface area (Å²) in [5, 5.41) is 20.5. The van der Waals surface area contributed by atoms with Crippen LogP contribution in [0.1, 0.15) is 40.0 Å². The topological polar surface area (TPSA) is 73.1 Å². The van der Waals surface area contributed by atoms with Gasteiger partial charge in [0, 0.05) is 12.6 Å². The van der Waals surface area contributed by atoms with Gasteiger partial charge in [-0.15, -0.1) is 0 Å². The molecule has 4 heteroatoms. The van der Waals surface area contributed by atoms with Crippen molar-refractivity contribution in [2.75, 3.05) is 6.61 Å². The van der Waals surface area contributed by atoms with E-state index in [1.807, 2.05) is 19.9 Å². The molecule has 0 fully saturated rings. The maximum absolute atomic E-state index is 11.8. The smallest absolute Gasteiger partial charge is 0.240 e. The molecule has 0 aromatic carbocycles. The van der Waals surface area contributed by atoms with Crippen molar-refractivity contribution in [1.29, 1.82) is 5.26 Å². The van der Waals surface area contributed by atoms with Crippen molar-refractivity contribution >= 4 is 5.91 Å². The number of carbonyl (C=O) groups is 1. The van der Waals surface area contributed by atoms with E-state index in [1.54, 1.807) is 6.92 Å². The number of carbonyl (C=O) groups excluding carboxylic acids is 1. The van der Waals surface area contributed by atoms with Gasteiger partial charge in [0.05, 0.1) is 6.07 Å². The standard InChI is InChI=1S/C11H20N2O2/c1-4-9(6-7-14)13-10(15)11(3,5-2)8-12/h9,14H,4-7H2,1-3H3,(H,13,15). The molecule has 0 bridgehead atoms. The Labute approximate surface area is 91.3 Å². The fraction of sp³-hybridized carbons (Fsp3) is 0.818. The number of amides is 1. The summed E-state index contributed by atoms with van der Waals surface area (Å²) in [6.45, 7) is 5.44. The second-order valence-corrected chi connectivity index (χ2v) is 3.89. The number of nitrogens with zero attached hydrogens (tertiary/aromatic N) is 1. The minimum Gasteiger partial charge on any atom is -0.396 e. The molecule has 0 spiro atoms. The number of hydrogen-bond donors (Lipinski definition) is 2. The van der Waals surface area contributed by atoms with Crippen molar-refractivity contribution in [3.8, 4) is 6.07 Å². The van der Waals surface area contributed by atoms with Crippen LogP contribution in [0.5, 0.6) is 0 Å². The van der Waals surface area contributed by atoms with Crippen LogP contribution in [0.4, 0.5) is 0 Å². The van der Waals surface area contributed by atoms with Crippen LogP contribution in [0.3, 0.4) is 0 Å². The molecule has 15 heavy (non-hydrogen) atoms. The van der Waals surface area contributed by atoms with Gasteiger partial charge in [0.15, 0.2) is 0 Å². The van der Waals surface area contributed by atoms with Crippen molar-refractivity contribution in [2.45, 2.75) is 46.1 Å². The first-order valence-electron chi connectivity index (χ1n) is 5.37. The van der Waals surface area contributed by atoms with E-state index in [2.05, 4.69) is 5.32 Å². The Morgan fingerprint density at radius 2 is 2.20 bits per heavy atom. The lowest BCUT2D eigenvalue weighted by atomic mass is 9.88. The maximum Gasteiger partial charge on any atom is 0.240 e. The van der Waals surface area contributed by atoms with E-state index < -0.39 is 5.41 Å². The largest absolute Gasteiger partial charge is 0.396 e. The predicted molar refractivity (Wildman–Crippen MR) is 57.9 cm³/mol. The second kappa shape index (κ2) is 6.41. The van der Waals surface area contributed by atoms with E-state index in [4.69, 9.17) is 10.4 Å². The van der Waals surface area contributed by atoms with Gasteiger partial charge in [-0.05, 0) is 26.2 Å². The van der Waals surface area contributed by atoms with Gasteiger partial charge in [-0.3, -0.25) is 4.79 Å². The monoisotopic (exact) mass is 212 g/mol. The van der Waals surface area contributed by atoms with Gasteiger partial charge in [0.25, 0.3) is 0 Å². The fourth-order valence-electron chi connectivity index (χ4n) is 1.17. The van der Waals surface area contributed by atoms with Gasteiger partial charge < -0.3 is 10.4 Å². The zero-order valence-corrected chi connectivity index (χ0v) is 9.71. The first-order chi connectivity index (χ1) is 7.03. The molecule has 2 N–H and O–H groups in total. The van der Waals surface area contributed by atoms with E-state index in [1.165, 1.54) is 0 Å². The SMILES string of the molecule is CCC(CCO)NC(=O)C(C)(C#N)CC. The zero-order chi connectivity index (χ0) is 11.9. The summed E-state index contributed by atoms with van der Waals surface area (Å²) >= 11 is 0. The first-order valence-corrected chi connectivity index (χ1v) is 5.37. The highest BCUT2D eigenvalue weighted by atomic mass is 16.3. The van der Waals surface area contributed by atoms with Crippen LogP contribution in [0, 0.1) is 16.7 Å². The van der Waals surface area contributed by atoms with Gasteiger partial charge in [-0.2, -0.15) is 5.26 Å². The lowest BCUT2D eigenvalue weighted by molar-refractivity contribution is -0.128. The molecule has 0 heterocycles. The van der Waals surface area contributed by atoms with Gasteiger partial charge >= 0.3 is 0 Å². The summed E-state index contributed by atoms with van der Waals surface area (Å²) in [6.07, 6.45) is 1.79. The minimum absolute atomic E-state index is 0.0401. The summed E-state index contributed by atoms with van der Waals surface area (Å²) in [6, 6.07) is 1.98. The molecule has 0 rings (SSSR count).